The number of carbonyl (C=O) groups is 2. The van der Waals surface area contributed by atoms with E-state index in [4.69, 9.17) is 11.6 Å². The van der Waals surface area contributed by atoms with Crippen LogP contribution in [-0.2, 0) is 16.1 Å². The van der Waals surface area contributed by atoms with Crippen molar-refractivity contribution in [1.82, 2.24) is 9.80 Å². The number of nitrogens with zero attached hydrogens (tertiary/aromatic N) is 2. The van der Waals surface area contributed by atoms with E-state index >= 15 is 0 Å². The molecule has 1 saturated heterocycles. The van der Waals surface area contributed by atoms with Gasteiger partial charge in [-0.15, -0.1) is 0 Å². The number of carbonyl (C=O) groups excluding carboxylic acids is 2. The van der Waals surface area contributed by atoms with Gasteiger partial charge in [0.05, 0.1) is 0 Å². The van der Waals surface area contributed by atoms with Gasteiger partial charge in [-0.05, 0) is 30.5 Å². The Bertz CT molecular complexity index is 927. The van der Waals surface area contributed by atoms with Crippen LogP contribution >= 0.6 is 11.6 Å². The fourth-order valence-electron chi connectivity index (χ4n) is 4.61. The maximum Gasteiger partial charge on any atom is 0.250 e. The van der Waals surface area contributed by atoms with Gasteiger partial charge in [-0.1, -0.05) is 73.7 Å². The van der Waals surface area contributed by atoms with Crippen LogP contribution in [0.3, 0.4) is 0 Å². The lowest BCUT2D eigenvalue weighted by Crippen LogP contribution is -2.58. The molecule has 1 aliphatic carbocycles. The smallest absolute Gasteiger partial charge is 0.250 e. The van der Waals surface area contributed by atoms with Gasteiger partial charge in [0.1, 0.15) is 18.4 Å². The van der Waals surface area contributed by atoms with E-state index in [1.807, 2.05) is 18.2 Å². The molecule has 158 valence electrons. The van der Waals surface area contributed by atoms with Crippen molar-refractivity contribution >= 4 is 23.4 Å². The number of halogens is 2. The minimum atomic E-state index is -0.980. The summed E-state index contributed by atoms with van der Waals surface area (Å²) in [5.74, 6) is -0.846. The average molecular weight is 429 g/mol. The van der Waals surface area contributed by atoms with Gasteiger partial charge >= 0.3 is 0 Å². The third kappa shape index (κ3) is 4.22. The van der Waals surface area contributed by atoms with Gasteiger partial charge in [-0.2, -0.15) is 0 Å². The highest BCUT2D eigenvalue weighted by atomic mass is 35.5. The van der Waals surface area contributed by atoms with Crippen molar-refractivity contribution in [3.8, 4) is 0 Å². The van der Waals surface area contributed by atoms with E-state index in [0.717, 1.165) is 44.1 Å². The Morgan fingerprint density at radius 2 is 1.60 bits per heavy atom. The van der Waals surface area contributed by atoms with Crippen molar-refractivity contribution in [3.05, 3.63) is 70.5 Å². The molecule has 0 spiro atoms. The van der Waals surface area contributed by atoms with Crippen LogP contribution < -0.4 is 0 Å². The molecule has 0 bridgehead atoms. The highest BCUT2D eigenvalue weighted by Gasteiger charge is 2.43. The topological polar surface area (TPSA) is 40.6 Å². The van der Waals surface area contributed by atoms with Crippen molar-refractivity contribution in [2.45, 2.75) is 57.2 Å². The molecule has 2 aromatic carbocycles. The first-order valence-corrected chi connectivity index (χ1v) is 11.0. The highest BCUT2D eigenvalue weighted by Crippen LogP contribution is 2.34. The summed E-state index contributed by atoms with van der Waals surface area (Å²) in [7, 11) is 0. The van der Waals surface area contributed by atoms with E-state index in [9.17, 15) is 14.0 Å². The zero-order valence-electron chi connectivity index (χ0n) is 16.9. The Morgan fingerprint density at radius 3 is 2.30 bits per heavy atom. The van der Waals surface area contributed by atoms with E-state index in [2.05, 4.69) is 0 Å². The zero-order valence-corrected chi connectivity index (χ0v) is 17.7. The molecular formula is C24H26ClFN2O2. The maximum absolute atomic E-state index is 14.8. The summed E-state index contributed by atoms with van der Waals surface area (Å²) in [5.41, 5.74) is 0.978. The summed E-state index contributed by atoms with van der Waals surface area (Å²) < 4.78 is 14.8. The van der Waals surface area contributed by atoms with Crippen LogP contribution in [-0.4, -0.2) is 34.2 Å². The standard InChI is InChI=1S/C24H26ClFN2O2/c25-20-13-7-5-9-17(20)15-28-22(29)16-27(18-10-3-1-2-4-11-18)24(30)23(28)19-12-6-8-14-21(19)26/h5-9,12-14,18,23H,1-4,10-11,15-16H2/t23-/m0/s1. The van der Waals surface area contributed by atoms with Gasteiger partial charge in [-0.25, -0.2) is 4.39 Å². The second kappa shape index (κ2) is 9.17. The lowest BCUT2D eigenvalue weighted by molar-refractivity contribution is -0.159. The van der Waals surface area contributed by atoms with Crippen molar-refractivity contribution in [2.24, 2.45) is 0 Å². The third-order valence-corrected chi connectivity index (χ3v) is 6.59. The number of hydrogen-bond donors (Lipinski definition) is 0. The first-order valence-electron chi connectivity index (χ1n) is 10.6. The molecule has 0 aromatic heterocycles. The Morgan fingerprint density at radius 1 is 0.933 bits per heavy atom. The van der Waals surface area contributed by atoms with Crippen molar-refractivity contribution in [3.63, 3.8) is 0 Å². The van der Waals surface area contributed by atoms with E-state index in [0.29, 0.717) is 5.02 Å². The molecule has 4 nitrogen and oxygen atoms in total. The molecule has 1 aliphatic heterocycles. The fourth-order valence-corrected chi connectivity index (χ4v) is 4.81. The number of rotatable bonds is 4. The van der Waals surface area contributed by atoms with Crippen LogP contribution in [0.4, 0.5) is 4.39 Å². The van der Waals surface area contributed by atoms with Crippen LogP contribution in [0.1, 0.15) is 55.7 Å². The molecule has 2 aromatic rings. The molecule has 1 atom stereocenters. The summed E-state index contributed by atoms with van der Waals surface area (Å²) in [6.45, 7) is 0.209. The fraction of sp³-hybridized carbons (Fsp3) is 0.417. The average Bonchev–Trinajstić information content (AvgIpc) is 3.02. The number of amides is 2. The molecule has 0 N–H and O–H groups in total. The van der Waals surface area contributed by atoms with Crippen molar-refractivity contribution < 1.29 is 14.0 Å². The van der Waals surface area contributed by atoms with Gasteiger partial charge in [0, 0.05) is 23.2 Å². The third-order valence-electron chi connectivity index (χ3n) is 6.22. The molecule has 2 amide bonds. The molecule has 30 heavy (non-hydrogen) atoms. The van der Waals surface area contributed by atoms with Gasteiger partial charge in [-0.3, -0.25) is 9.59 Å². The SMILES string of the molecule is O=C1[C@H](c2ccccc2F)N(Cc2ccccc2Cl)C(=O)CN1C1CCCCCC1. The lowest BCUT2D eigenvalue weighted by Gasteiger charge is -2.43. The predicted octanol–water partition coefficient (Wildman–Crippen LogP) is 5.11. The van der Waals surface area contributed by atoms with E-state index < -0.39 is 11.9 Å². The van der Waals surface area contributed by atoms with Crippen LogP contribution in [0.25, 0.3) is 0 Å². The largest absolute Gasteiger partial charge is 0.328 e. The molecule has 1 heterocycles. The summed E-state index contributed by atoms with van der Waals surface area (Å²) in [6.07, 6.45) is 6.21. The normalized spacial score (nSPS) is 21.1. The first-order chi connectivity index (χ1) is 14.6. The van der Waals surface area contributed by atoms with Crippen LogP contribution in [0.15, 0.2) is 48.5 Å². The zero-order chi connectivity index (χ0) is 21.1. The van der Waals surface area contributed by atoms with Crippen LogP contribution in [0.2, 0.25) is 5.02 Å². The Labute approximate surface area is 181 Å². The Hall–Kier alpha value is -2.40. The van der Waals surface area contributed by atoms with Gasteiger partial charge in [0.2, 0.25) is 5.91 Å². The van der Waals surface area contributed by atoms with E-state index in [-0.39, 0.29) is 36.5 Å². The molecule has 0 radical (unpaired) electrons. The second-order valence-electron chi connectivity index (χ2n) is 8.15. The number of hydrogen-bond acceptors (Lipinski definition) is 2. The quantitative estimate of drug-likeness (QED) is 0.634. The number of piperazine rings is 1. The lowest BCUT2D eigenvalue weighted by atomic mass is 9.96. The van der Waals surface area contributed by atoms with Gasteiger partial charge in [0.25, 0.3) is 5.91 Å². The minimum Gasteiger partial charge on any atom is -0.328 e. The predicted molar refractivity (Wildman–Crippen MR) is 114 cm³/mol. The molecule has 1 saturated carbocycles. The summed E-state index contributed by atoms with van der Waals surface area (Å²) in [5, 5.41) is 0.524. The van der Waals surface area contributed by atoms with Crippen molar-refractivity contribution in [2.75, 3.05) is 6.54 Å². The number of benzene rings is 2. The molecule has 6 heteroatoms. The summed E-state index contributed by atoms with van der Waals surface area (Å²) >= 11 is 6.31. The molecule has 4 rings (SSSR count). The highest BCUT2D eigenvalue weighted by molar-refractivity contribution is 6.31. The summed E-state index contributed by atoms with van der Waals surface area (Å²) in [4.78, 5) is 30.1. The van der Waals surface area contributed by atoms with Crippen LogP contribution in [0.5, 0.6) is 0 Å². The molecular weight excluding hydrogens is 403 g/mol. The summed E-state index contributed by atoms with van der Waals surface area (Å²) in [6, 6.07) is 12.5. The van der Waals surface area contributed by atoms with Crippen molar-refractivity contribution in [1.29, 1.82) is 0 Å². The maximum atomic E-state index is 14.8. The Balaban J connectivity index is 1.71. The van der Waals surface area contributed by atoms with E-state index in [1.54, 1.807) is 29.2 Å². The van der Waals surface area contributed by atoms with Gasteiger partial charge < -0.3 is 9.80 Å². The monoisotopic (exact) mass is 428 g/mol. The van der Waals surface area contributed by atoms with Gasteiger partial charge in [0.15, 0.2) is 0 Å². The second-order valence-corrected chi connectivity index (χ2v) is 8.56. The Kier molecular flexibility index (Phi) is 6.38. The van der Waals surface area contributed by atoms with Crippen LogP contribution in [0, 0.1) is 5.82 Å². The minimum absolute atomic E-state index is 0.0406. The molecule has 2 fully saturated rings. The van der Waals surface area contributed by atoms with E-state index in [1.165, 1.54) is 11.0 Å². The molecule has 0 unspecified atom stereocenters. The first kappa shape index (κ1) is 20.9. The molecule has 2 aliphatic rings.